The lowest BCUT2D eigenvalue weighted by atomic mass is 9.70. The van der Waals surface area contributed by atoms with Gasteiger partial charge in [0.15, 0.2) is 0 Å². The SMILES string of the molecule is COC(=O)C1CN(CCc2ccccc2)CC12CCN(Cc1coc3ccccc13)CC2. The average Bonchev–Trinajstić information content (AvgIpc) is 3.41. The molecule has 3 aromatic rings. The van der Waals surface area contributed by atoms with Crippen LogP contribution in [0.2, 0.25) is 0 Å². The number of esters is 1. The monoisotopic (exact) mass is 432 g/mol. The Hall–Kier alpha value is -2.63. The second-order valence-corrected chi connectivity index (χ2v) is 9.44. The highest BCUT2D eigenvalue weighted by atomic mass is 16.5. The first kappa shape index (κ1) is 21.2. The zero-order valence-corrected chi connectivity index (χ0v) is 18.8. The number of methoxy groups -OCH3 is 1. The summed E-state index contributed by atoms with van der Waals surface area (Å²) in [5.74, 6) is -0.0679. The first-order valence-electron chi connectivity index (χ1n) is 11.7. The number of likely N-dealkylation sites (tertiary alicyclic amines) is 2. The molecule has 0 saturated carbocycles. The summed E-state index contributed by atoms with van der Waals surface area (Å²) in [7, 11) is 1.53. The predicted molar refractivity (Wildman–Crippen MR) is 125 cm³/mol. The molecule has 2 fully saturated rings. The maximum absolute atomic E-state index is 12.7. The summed E-state index contributed by atoms with van der Waals surface area (Å²) >= 11 is 0. The van der Waals surface area contributed by atoms with Crippen LogP contribution < -0.4 is 0 Å². The smallest absolute Gasteiger partial charge is 0.310 e. The van der Waals surface area contributed by atoms with E-state index in [0.29, 0.717) is 0 Å². The molecule has 0 bridgehead atoms. The molecular formula is C27H32N2O3. The lowest BCUT2D eigenvalue weighted by Crippen LogP contribution is -2.46. The van der Waals surface area contributed by atoms with Crippen molar-refractivity contribution in [3.05, 3.63) is 72.0 Å². The van der Waals surface area contributed by atoms with Gasteiger partial charge in [0.05, 0.1) is 19.3 Å². The van der Waals surface area contributed by atoms with E-state index >= 15 is 0 Å². The van der Waals surface area contributed by atoms with E-state index in [1.54, 1.807) is 0 Å². The molecule has 168 valence electrons. The van der Waals surface area contributed by atoms with Crippen molar-refractivity contribution in [3.63, 3.8) is 0 Å². The van der Waals surface area contributed by atoms with E-state index in [1.165, 1.54) is 23.6 Å². The summed E-state index contributed by atoms with van der Waals surface area (Å²) in [6.07, 6.45) is 4.98. The highest BCUT2D eigenvalue weighted by Gasteiger charge is 2.51. The molecule has 3 heterocycles. The Morgan fingerprint density at radius 2 is 1.81 bits per heavy atom. The van der Waals surface area contributed by atoms with Crippen molar-refractivity contribution in [3.8, 4) is 0 Å². The molecule has 0 amide bonds. The van der Waals surface area contributed by atoms with Crippen LogP contribution in [-0.2, 0) is 22.5 Å². The zero-order chi connectivity index (χ0) is 22.0. The van der Waals surface area contributed by atoms with Crippen molar-refractivity contribution in [2.45, 2.75) is 25.8 Å². The maximum Gasteiger partial charge on any atom is 0.310 e. The number of benzene rings is 2. The molecule has 2 aliphatic heterocycles. The van der Waals surface area contributed by atoms with E-state index in [9.17, 15) is 4.79 Å². The van der Waals surface area contributed by atoms with Gasteiger partial charge in [-0.2, -0.15) is 0 Å². The van der Waals surface area contributed by atoms with Gasteiger partial charge in [0.25, 0.3) is 0 Å². The Kier molecular flexibility index (Phi) is 6.03. The van der Waals surface area contributed by atoms with Crippen LogP contribution in [0.3, 0.4) is 0 Å². The third-order valence-electron chi connectivity index (χ3n) is 7.57. The summed E-state index contributed by atoms with van der Waals surface area (Å²) < 4.78 is 11.0. The normalized spacial score (nSPS) is 21.3. The molecule has 1 unspecified atom stereocenters. The van der Waals surface area contributed by atoms with E-state index in [0.717, 1.165) is 64.1 Å². The molecule has 1 aromatic heterocycles. The second-order valence-electron chi connectivity index (χ2n) is 9.44. The van der Waals surface area contributed by atoms with Crippen LogP contribution in [0.4, 0.5) is 0 Å². The molecule has 5 rings (SSSR count). The van der Waals surface area contributed by atoms with Crippen LogP contribution in [0.5, 0.6) is 0 Å². The minimum absolute atomic E-state index is 0.0265. The topological polar surface area (TPSA) is 45.9 Å². The lowest BCUT2D eigenvalue weighted by Gasteiger charge is -2.41. The predicted octanol–water partition coefficient (Wildman–Crippen LogP) is 4.36. The third-order valence-corrected chi connectivity index (χ3v) is 7.57. The molecule has 0 N–H and O–H groups in total. The zero-order valence-electron chi connectivity index (χ0n) is 18.8. The van der Waals surface area contributed by atoms with Crippen LogP contribution >= 0.6 is 0 Å². The van der Waals surface area contributed by atoms with Gasteiger partial charge in [0.1, 0.15) is 5.58 Å². The average molecular weight is 433 g/mol. The first-order chi connectivity index (χ1) is 15.7. The number of rotatable bonds is 6. The summed E-state index contributed by atoms with van der Waals surface area (Å²) in [5.41, 5.74) is 3.58. The third kappa shape index (κ3) is 4.19. The van der Waals surface area contributed by atoms with Crippen molar-refractivity contribution in [1.29, 1.82) is 0 Å². The number of carbonyl (C=O) groups excluding carboxylic acids is 1. The molecule has 2 aliphatic rings. The fraction of sp³-hybridized carbons (Fsp3) is 0.444. The second kappa shape index (κ2) is 9.08. The van der Waals surface area contributed by atoms with E-state index in [4.69, 9.17) is 9.15 Å². The quantitative estimate of drug-likeness (QED) is 0.542. The summed E-state index contributed by atoms with van der Waals surface area (Å²) in [6.45, 7) is 5.69. The van der Waals surface area contributed by atoms with E-state index in [2.05, 4.69) is 52.3 Å². The number of hydrogen-bond donors (Lipinski definition) is 0. The van der Waals surface area contributed by atoms with Crippen molar-refractivity contribution in [2.75, 3.05) is 39.8 Å². The lowest BCUT2D eigenvalue weighted by molar-refractivity contribution is -0.149. The summed E-state index contributed by atoms with van der Waals surface area (Å²) in [5, 5.41) is 1.20. The van der Waals surface area contributed by atoms with Gasteiger partial charge < -0.3 is 14.1 Å². The number of furan rings is 1. The van der Waals surface area contributed by atoms with Crippen LogP contribution in [0.15, 0.2) is 65.3 Å². The molecule has 5 heteroatoms. The van der Waals surface area contributed by atoms with E-state index < -0.39 is 0 Å². The number of piperidine rings is 1. The number of fused-ring (bicyclic) bond motifs is 1. The highest BCUT2D eigenvalue weighted by Crippen LogP contribution is 2.45. The Bertz CT molecular complexity index is 1050. The van der Waals surface area contributed by atoms with Gasteiger partial charge in [-0.15, -0.1) is 0 Å². The molecule has 0 aliphatic carbocycles. The van der Waals surface area contributed by atoms with Crippen LogP contribution in [-0.4, -0.2) is 55.6 Å². The number of nitrogens with zero attached hydrogens (tertiary/aromatic N) is 2. The maximum atomic E-state index is 12.7. The molecule has 2 aromatic carbocycles. The summed E-state index contributed by atoms with van der Waals surface area (Å²) in [6, 6.07) is 18.8. The number of ether oxygens (including phenoxy) is 1. The molecule has 32 heavy (non-hydrogen) atoms. The molecule has 5 nitrogen and oxygen atoms in total. The number of carbonyl (C=O) groups is 1. The van der Waals surface area contributed by atoms with Gasteiger partial charge >= 0.3 is 5.97 Å². The van der Waals surface area contributed by atoms with Gasteiger partial charge in [-0.05, 0) is 44.0 Å². The fourth-order valence-electron chi connectivity index (χ4n) is 5.70. The van der Waals surface area contributed by atoms with Gasteiger partial charge in [-0.25, -0.2) is 0 Å². The Balaban J connectivity index is 1.24. The minimum atomic E-state index is -0.0403. The van der Waals surface area contributed by atoms with Crippen molar-refractivity contribution >= 4 is 16.9 Å². The van der Waals surface area contributed by atoms with Gasteiger partial charge in [0, 0.05) is 42.5 Å². The van der Waals surface area contributed by atoms with Gasteiger partial charge in [0.2, 0.25) is 0 Å². The molecule has 1 atom stereocenters. The van der Waals surface area contributed by atoms with E-state index in [1.807, 2.05) is 18.4 Å². The summed E-state index contributed by atoms with van der Waals surface area (Å²) in [4.78, 5) is 17.7. The Morgan fingerprint density at radius 1 is 1.06 bits per heavy atom. The highest BCUT2D eigenvalue weighted by molar-refractivity contribution is 5.80. The molecule has 1 spiro atoms. The van der Waals surface area contributed by atoms with Crippen LogP contribution in [0.25, 0.3) is 11.0 Å². The Labute approximate surface area is 189 Å². The fourth-order valence-corrected chi connectivity index (χ4v) is 5.70. The van der Waals surface area contributed by atoms with Crippen molar-refractivity contribution < 1.29 is 13.9 Å². The minimum Gasteiger partial charge on any atom is -0.469 e. The van der Waals surface area contributed by atoms with Crippen molar-refractivity contribution in [1.82, 2.24) is 9.80 Å². The molecule has 0 radical (unpaired) electrons. The molecule has 2 saturated heterocycles. The Morgan fingerprint density at radius 3 is 2.59 bits per heavy atom. The standard InChI is InChI=1S/C27H32N2O3/c1-31-26(30)24-18-29(14-11-21-7-3-2-4-8-21)20-27(24)12-15-28(16-13-27)17-22-19-32-25-10-6-5-9-23(22)25/h2-10,19,24H,11-18,20H2,1H3. The first-order valence-corrected chi connectivity index (χ1v) is 11.7. The number of para-hydroxylation sites is 1. The van der Waals surface area contributed by atoms with Gasteiger partial charge in [-0.3, -0.25) is 9.69 Å². The van der Waals surface area contributed by atoms with Gasteiger partial charge in [-0.1, -0.05) is 48.5 Å². The number of hydrogen-bond acceptors (Lipinski definition) is 5. The van der Waals surface area contributed by atoms with E-state index in [-0.39, 0.29) is 17.3 Å². The van der Waals surface area contributed by atoms with Crippen molar-refractivity contribution in [2.24, 2.45) is 11.3 Å². The largest absolute Gasteiger partial charge is 0.469 e. The van der Waals surface area contributed by atoms with Crippen LogP contribution in [0.1, 0.15) is 24.0 Å². The molecular weight excluding hydrogens is 400 g/mol. The van der Waals surface area contributed by atoms with Crippen LogP contribution in [0, 0.1) is 11.3 Å².